The maximum absolute atomic E-state index is 13.9. The fourth-order valence-corrected chi connectivity index (χ4v) is 7.89. The highest BCUT2D eigenvalue weighted by atomic mass is 16.7. The number of ether oxygens (including phenoxy) is 3. The summed E-state index contributed by atoms with van der Waals surface area (Å²) in [6.07, 6.45) is 4.85. The second-order valence-electron chi connectivity index (χ2n) is 16.7. The molecule has 1 unspecified atom stereocenters. The predicted molar refractivity (Wildman–Crippen MR) is 231 cm³/mol. The zero-order valence-corrected chi connectivity index (χ0v) is 36.7. The lowest BCUT2D eigenvalue weighted by atomic mass is 9.71. The van der Waals surface area contributed by atoms with E-state index in [1.54, 1.807) is 20.8 Å². The third-order valence-corrected chi connectivity index (χ3v) is 11.6. The number of piperidine rings is 1. The number of rotatable bonds is 20. The Kier molecular flexibility index (Phi) is 17.2. The van der Waals surface area contributed by atoms with Crippen molar-refractivity contribution in [3.05, 3.63) is 106 Å². The van der Waals surface area contributed by atoms with Crippen LogP contribution < -0.4 is 16.0 Å². The summed E-state index contributed by atoms with van der Waals surface area (Å²) in [5.74, 6) is -1.22. The SMILES string of the molecule is CCC1(CC)CC(OC)CC(CC)(CC)N1OC(C)c1ccc(COC[C@H](NC(=O)OC(C)(C)C)C(=O)N[C@@H](Cc2ccccc2)C(=O)Nc2ccc([N+](=O)[O-])cc2)cc1. The normalized spacial score (nSPS) is 16.9. The number of hydroxylamine groups is 2. The summed E-state index contributed by atoms with van der Waals surface area (Å²) >= 11 is 0. The Balaban J connectivity index is 1.47. The van der Waals surface area contributed by atoms with Crippen molar-refractivity contribution in [2.24, 2.45) is 0 Å². The van der Waals surface area contributed by atoms with Gasteiger partial charge in [-0.15, -0.1) is 0 Å². The molecule has 4 rings (SSSR count). The number of hydrogen-bond acceptors (Lipinski definition) is 10. The molecule has 328 valence electrons. The molecule has 60 heavy (non-hydrogen) atoms. The molecule has 1 heterocycles. The van der Waals surface area contributed by atoms with Crippen LogP contribution in [0.3, 0.4) is 0 Å². The first-order valence-electron chi connectivity index (χ1n) is 21.1. The molecule has 3 aromatic rings. The molecule has 1 saturated heterocycles. The van der Waals surface area contributed by atoms with Crippen molar-refractivity contribution in [1.82, 2.24) is 15.7 Å². The van der Waals surface area contributed by atoms with Crippen molar-refractivity contribution in [2.75, 3.05) is 19.0 Å². The molecule has 3 amide bonds. The Morgan fingerprint density at radius 2 is 1.40 bits per heavy atom. The first-order chi connectivity index (χ1) is 28.5. The minimum Gasteiger partial charge on any atom is -0.444 e. The van der Waals surface area contributed by atoms with Gasteiger partial charge in [-0.25, -0.2) is 4.79 Å². The van der Waals surface area contributed by atoms with Crippen molar-refractivity contribution in [1.29, 1.82) is 0 Å². The van der Waals surface area contributed by atoms with Gasteiger partial charge >= 0.3 is 6.09 Å². The van der Waals surface area contributed by atoms with Crippen LogP contribution in [0.5, 0.6) is 0 Å². The number of amides is 3. The number of non-ortho nitro benzene ring substituents is 1. The summed E-state index contributed by atoms with van der Waals surface area (Å²) in [5.41, 5.74) is 1.68. The van der Waals surface area contributed by atoms with E-state index in [1.807, 2.05) is 61.7 Å². The Morgan fingerprint density at radius 1 is 0.817 bits per heavy atom. The fourth-order valence-electron chi connectivity index (χ4n) is 7.89. The van der Waals surface area contributed by atoms with Gasteiger partial charge in [-0.3, -0.25) is 24.5 Å². The molecular weight excluding hydrogens is 767 g/mol. The molecule has 0 saturated carbocycles. The summed E-state index contributed by atoms with van der Waals surface area (Å²) < 4.78 is 17.5. The van der Waals surface area contributed by atoms with E-state index < -0.39 is 40.5 Å². The van der Waals surface area contributed by atoms with Crippen LogP contribution in [0.2, 0.25) is 0 Å². The van der Waals surface area contributed by atoms with Crippen molar-refractivity contribution in [2.45, 2.75) is 148 Å². The number of carbonyl (C=O) groups excluding carboxylic acids is 3. The second kappa shape index (κ2) is 21.6. The van der Waals surface area contributed by atoms with Crippen LogP contribution in [0.1, 0.15) is 117 Å². The van der Waals surface area contributed by atoms with Crippen molar-refractivity contribution >= 4 is 29.3 Å². The molecule has 14 heteroatoms. The van der Waals surface area contributed by atoms with E-state index in [0.717, 1.165) is 55.2 Å². The zero-order valence-electron chi connectivity index (χ0n) is 36.7. The van der Waals surface area contributed by atoms with E-state index in [9.17, 15) is 24.5 Å². The molecule has 0 aromatic heterocycles. The molecule has 14 nitrogen and oxygen atoms in total. The van der Waals surface area contributed by atoms with Gasteiger partial charge < -0.3 is 30.2 Å². The van der Waals surface area contributed by atoms with Crippen molar-refractivity contribution in [3.8, 4) is 0 Å². The Labute approximate surface area is 355 Å². The van der Waals surface area contributed by atoms with Crippen LogP contribution in [0, 0.1) is 10.1 Å². The quantitative estimate of drug-likeness (QED) is 0.0740. The van der Waals surface area contributed by atoms with E-state index in [4.69, 9.17) is 19.0 Å². The molecule has 0 spiro atoms. The lowest BCUT2D eigenvalue weighted by molar-refractivity contribution is -0.384. The van der Waals surface area contributed by atoms with Gasteiger partial charge in [0.15, 0.2) is 0 Å². The minimum absolute atomic E-state index is 0.126. The molecule has 3 atom stereocenters. The molecule has 3 N–H and O–H groups in total. The lowest BCUT2D eigenvalue weighted by Crippen LogP contribution is -2.66. The number of nitrogens with one attached hydrogen (secondary N) is 3. The number of anilines is 1. The summed E-state index contributed by atoms with van der Waals surface area (Å²) in [7, 11) is 1.81. The van der Waals surface area contributed by atoms with Crippen molar-refractivity contribution < 1.29 is 38.4 Å². The Morgan fingerprint density at radius 3 is 1.92 bits per heavy atom. The number of carbonyl (C=O) groups is 3. The maximum Gasteiger partial charge on any atom is 0.408 e. The molecule has 0 aliphatic carbocycles. The minimum atomic E-state index is -1.23. The lowest BCUT2D eigenvalue weighted by Gasteiger charge is -2.58. The van der Waals surface area contributed by atoms with Crippen LogP contribution >= 0.6 is 0 Å². The smallest absolute Gasteiger partial charge is 0.408 e. The number of hydrogen-bond donors (Lipinski definition) is 3. The van der Waals surface area contributed by atoms with E-state index in [1.165, 1.54) is 24.3 Å². The van der Waals surface area contributed by atoms with Gasteiger partial charge in [0.1, 0.15) is 23.8 Å². The number of alkyl carbamates (subject to hydrolysis) is 1. The average Bonchev–Trinajstić information content (AvgIpc) is 3.23. The molecule has 0 bridgehead atoms. The number of nitrogens with zero attached hydrogens (tertiary/aromatic N) is 2. The number of methoxy groups -OCH3 is 1. The molecule has 1 fully saturated rings. The first-order valence-corrected chi connectivity index (χ1v) is 21.1. The Hall–Kier alpha value is -4.89. The molecule has 1 aliphatic heterocycles. The monoisotopic (exact) mass is 831 g/mol. The summed E-state index contributed by atoms with van der Waals surface area (Å²) in [6, 6.07) is 20.2. The molecule has 0 radical (unpaired) electrons. The number of benzene rings is 3. The van der Waals surface area contributed by atoms with Gasteiger partial charge in [0.2, 0.25) is 11.8 Å². The average molecular weight is 832 g/mol. The third-order valence-electron chi connectivity index (χ3n) is 11.6. The summed E-state index contributed by atoms with van der Waals surface area (Å²) in [5, 5.41) is 21.6. The largest absolute Gasteiger partial charge is 0.444 e. The summed E-state index contributed by atoms with van der Waals surface area (Å²) in [6.45, 7) is 16.0. The molecule has 3 aromatic carbocycles. The predicted octanol–water partition coefficient (Wildman–Crippen LogP) is 8.59. The van der Waals surface area contributed by atoms with E-state index >= 15 is 0 Å². The highest BCUT2D eigenvalue weighted by molar-refractivity contribution is 5.98. The third kappa shape index (κ3) is 12.8. The highest BCUT2D eigenvalue weighted by Crippen LogP contribution is 2.48. The van der Waals surface area contributed by atoms with E-state index in [0.29, 0.717) is 5.69 Å². The standard InChI is InChI=1S/C46H65N5O9/c1-10-45(11-2)28-38(57-9)29-46(12-3,13-4)51(45)60-32(5)35-21-19-34(20-22-35)30-58-31-40(49-43(54)59-44(6,7)8)42(53)48-39(27-33-17-15-14-16-18-33)41(52)47-36-23-25-37(26-24-36)50(55)56/h14-26,32,38-40H,10-13,27-31H2,1-9H3,(H,47,52)(H,48,53)(H,49,54)/t32?,39-,40-/m0/s1. The fraction of sp³-hybridized carbons (Fsp3) is 0.543. The van der Waals surface area contributed by atoms with Gasteiger partial charge in [0.25, 0.3) is 5.69 Å². The van der Waals surface area contributed by atoms with Crippen LogP contribution in [0.4, 0.5) is 16.2 Å². The van der Waals surface area contributed by atoms with Crippen LogP contribution in [0.25, 0.3) is 0 Å². The van der Waals surface area contributed by atoms with Gasteiger partial charge in [-0.05, 0) is 95.0 Å². The maximum atomic E-state index is 13.9. The van der Waals surface area contributed by atoms with E-state index in [-0.39, 0.29) is 48.6 Å². The molecular formula is C46H65N5O9. The van der Waals surface area contributed by atoms with Crippen LogP contribution in [-0.4, -0.2) is 76.5 Å². The topological polar surface area (TPSA) is 171 Å². The number of nitro groups is 1. The van der Waals surface area contributed by atoms with Crippen LogP contribution in [-0.2, 0) is 41.7 Å². The van der Waals surface area contributed by atoms with Gasteiger partial charge in [-0.1, -0.05) is 82.3 Å². The van der Waals surface area contributed by atoms with E-state index in [2.05, 4.69) is 55.6 Å². The number of nitro benzene ring substituents is 1. The molecule has 1 aliphatic rings. The summed E-state index contributed by atoms with van der Waals surface area (Å²) in [4.78, 5) is 58.0. The van der Waals surface area contributed by atoms with Crippen molar-refractivity contribution in [3.63, 3.8) is 0 Å². The van der Waals surface area contributed by atoms with Gasteiger partial charge in [0.05, 0.1) is 24.2 Å². The Bertz CT molecular complexity index is 1820. The first kappa shape index (κ1) is 47.8. The van der Waals surface area contributed by atoms with Gasteiger partial charge in [0, 0.05) is 42.4 Å². The van der Waals surface area contributed by atoms with Gasteiger partial charge in [-0.2, -0.15) is 5.06 Å². The second-order valence-corrected chi connectivity index (χ2v) is 16.7. The zero-order chi connectivity index (χ0) is 44.1. The highest BCUT2D eigenvalue weighted by Gasteiger charge is 2.53. The van der Waals surface area contributed by atoms with Crippen LogP contribution in [0.15, 0.2) is 78.9 Å².